The molecule has 1 amide bonds. The van der Waals surface area contributed by atoms with Gasteiger partial charge in [0.15, 0.2) is 6.61 Å². The molecule has 0 bridgehead atoms. The summed E-state index contributed by atoms with van der Waals surface area (Å²) in [5, 5.41) is 13.7. The summed E-state index contributed by atoms with van der Waals surface area (Å²) in [4.78, 5) is 12.1. The van der Waals surface area contributed by atoms with E-state index in [9.17, 15) is 18.0 Å². The van der Waals surface area contributed by atoms with Gasteiger partial charge in [-0.25, -0.2) is 13.2 Å². The summed E-state index contributed by atoms with van der Waals surface area (Å²) in [6.45, 7) is 0.226. The minimum Gasteiger partial charge on any atom is -0.484 e. The summed E-state index contributed by atoms with van der Waals surface area (Å²) in [6.07, 6.45) is -0.0890. The highest BCUT2D eigenvalue weighted by atomic mass is 35.5. The van der Waals surface area contributed by atoms with Gasteiger partial charge in [-0.15, -0.1) is 5.10 Å². The molecule has 1 unspecified atom stereocenters. The molecule has 1 aromatic heterocycles. The van der Waals surface area contributed by atoms with Crippen LogP contribution in [0.2, 0.25) is 5.02 Å². The fraction of sp³-hybridized carbons (Fsp3) is 0.550. The van der Waals surface area contributed by atoms with E-state index >= 15 is 0 Å². The van der Waals surface area contributed by atoms with Crippen molar-refractivity contribution in [3.05, 3.63) is 34.9 Å². The lowest BCUT2D eigenvalue weighted by molar-refractivity contribution is -0.124. The molecule has 1 aliphatic heterocycles. The van der Waals surface area contributed by atoms with Gasteiger partial charge in [0.1, 0.15) is 24.3 Å². The van der Waals surface area contributed by atoms with Crippen molar-refractivity contribution in [1.82, 2.24) is 20.8 Å². The molecule has 13 heteroatoms. The molecule has 0 radical (unpaired) electrons. The van der Waals surface area contributed by atoms with Crippen LogP contribution in [0.25, 0.3) is 0 Å². The second kappa shape index (κ2) is 10.1. The van der Waals surface area contributed by atoms with E-state index in [1.165, 1.54) is 12.1 Å². The molecular weight excluding hydrogens is 469 g/mol. The third kappa shape index (κ3) is 6.49. The van der Waals surface area contributed by atoms with E-state index in [4.69, 9.17) is 30.2 Å². The van der Waals surface area contributed by atoms with Gasteiger partial charge in [-0.3, -0.25) is 4.79 Å². The molecule has 3 atom stereocenters. The van der Waals surface area contributed by atoms with Gasteiger partial charge in [0.2, 0.25) is 5.89 Å². The smallest absolute Gasteiger partial charge is 0.414 e. The first-order chi connectivity index (χ1) is 15.8. The van der Waals surface area contributed by atoms with Crippen LogP contribution < -0.4 is 20.1 Å². The Hall–Kier alpha value is -2.57. The van der Waals surface area contributed by atoms with Crippen molar-refractivity contribution in [2.45, 2.75) is 43.4 Å². The van der Waals surface area contributed by atoms with Gasteiger partial charge in [-0.1, -0.05) is 16.7 Å². The summed E-state index contributed by atoms with van der Waals surface area (Å²) in [5.74, 6) is -3.15. The number of amides is 1. The molecule has 1 aliphatic carbocycles. The molecule has 1 saturated carbocycles. The fourth-order valence-electron chi connectivity index (χ4n) is 3.28. The van der Waals surface area contributed by atoms with Gasteiger partial charge in [-0.2, -0.15) is 0 Å². The number of piperidine rings is 1. The van der Waals surface area contributed by atoms with Crippen molar-refractivity contribution in [2.24, 2.45) is 0 Å². The topological polar surface area (TPSA) is 108 Å². The Balaban J connectivity index is 1.13. The average Bonchev–Trinajstić information content (AvgIpc) is 3.17. The van der Waals surface area contributed by atoms with Gasteiger partial charge < -0.3 is 29.3 Å². The van der Waals surface area contributed by atoms with Gasteiger partial charge in [0.25, 0.3) is 11.8 Å². The van der Waals surface area contributed by atoms with E-state index in [0.29, 0.717) is 25.3 Å². The summed E-state index contributed by atoms with van der Waals surface area (Å²) in [7, 11) is 0. The number of alkyl halides is 2. The molecule has 2 fully saturated rings. The first kappa shape index (κ1) is 23.6. The predicted molar refractivity (Wildman–Crippen MR) is 108 cm³/mol. The van der Waals surface area contributed by atoms with E-state index in [2.05, 4.69) is 20.8 Å². The van der Waals surface area contributed by atoms with Gasteiger partial charge in [0.05, 0.1) is 17.7 Å². The Labute approximate surface area is 191 Å². The van der Waals surface area contributed by atoms with Crippen molar-refractivity contribution in [1.29, 1.82) is 0 Å². The molecular formula is C20H22ClF3N4O5. The van der Waals surface area contributed by atoms with Gasteiger partial charge in [0, 0.05) is 25.1 Å². The van der Waals surface area contributed by atoms with Crippen LogP contribution in [-0.2, 0) is 9.53 Å². The summed E-state index contributed by atoms with van der Waals surface area (Å²) in [6, 6.07) is 3.61. The molecule has 0 spiro atoms. The van der Waals surface area contributed by atoms with Crippen molar-refractivity contribution in [2.75, 3.05) is 26.4 Å². The van der Waals surface area contributed by atoms with Crippen molar-refractivity contribution >= 4 is 17.5 Å². The van der Waals surface area contributed by atoms with Gasteiger partial charge in [-0.05, 0) is 25.0 Å². The number of halogens is 4. The molecule has 180 valence electrons. The number of carbonyl (C=O) groups excluding carboxylic acids is 1. The molecule has 2 aromatic rings. The maximum absolute atomic E-state index is 13.4. The maximum atomic E-state index is 13.4. The van der Waals surface area contributed by atoms with E-state index in [1.54, 1.807) is 0 Å². The van der Waals surface area contributed by atoms with E-state index < -0.39 is 17.8 Å². The minimum absolute atomic E-state index is 0.00228. The zero-order valence-corrected chi connectivity index (χ0v) is 18.1. The molecule has 2 N–H and O–H groups in total. The summed E-state index contributed by atoms with van der Waals surface area (Å²) >= 11 is 5.61. The number of nitrogens with zero attached hydrogens (tertiary/aromatic N) is 2. The number of carbonyl (C=O) groups is 1. The highest BCUT2D eigenvalue weighted by molar-refractivity contribution is 6.30. The Kier molecular flexibility index (Phi) is 7.25. The lowest BCUT2D eigenvalue weighted by atomic mass is 10.0. The van der Waals surface area contributed by atoms with Crippen LogP contribution in [0.3, 0.4) is 0 Å². The second-order valence-electron chi connectivity index (χ2n) is 7.75. The number of hydrogen-bond donors (Lipinski definition) is 2. The monoisotopic (exact) mass is 490 g/mol. The van der Waals surface area contributed by atoms with E-state index in [1.807, 2.05) is 0 Å². The number of hydrogen-bond acceptors (Lipinski definition) is 8. The Morgan fingerprint density at radius 2 is 2.09 bits per heavy atom. The number of ether oxygens (including phenoxy) is 3. The molecule has 33 heavy (non-hydrogen) atoms. The van der Waals surface area contributed by atoms with Crippen LogP contribution in [0.1, 0.15) is 31.2 Å². The molecule has 1 saturated heterocycles. The van der Waals surface area contributed by atoms with Crippen LogP contribution in [0.5, 0.6) is 11.8 Å². The third-order valence-electron chi connectivity index (χ3n) is 5.16. The fourth-order valence-corrected chi connectivity index (χ4v) is 3.40. The van der Waals surface area contributed by atoms with Crippen molar-refractivity contribution in [3.63, 3.8) is 0 Å². The van der Waals surface area contributed by atoms with E-state index in [-0.39, 0.29) is 61.1 Å². The predicted octanol–water partition coefficient (Wildman–Crippen LogP) is 2.65. The molecule has 2 heterocycles. The highest BCUT2D eigenvalue weighted by Crippen LogP contribution is 2.44. The zero-order chi connectivity index (χ0) is 23.4. The number of aromatic nitrogens is 2. The second-order valence-corrected chi connectivity index (χ2v) is 8.15. The lowest BCUT2D eigenvalue weighted by Gasteiger charge is -2.28. The first-order valence-electron chi connectivity index (χ1n) is 10.4. The maximum Gasteiger partial charge on any atom is 0.414 e. The molecule has 9 nitrogen and oxygen atoms in total. The van der Waals surface area contributed by atoms with E-state index in [0.717, 1.165) is 6.07 Å². The quantitative estimate of drug-likeness (QED) is 0.489. The molecule has 4 rings (SSSR count). The van der Waals surface area contributed by atoms with Crippen LogP contribution in [0.4, 0.5) is 13.2 Å². The minimum atomic E-state index is -2.73. The standard InChI is InChI=1S/C20H22ClF3N4O5/c21-13-3-2-12(7-14(13)22)32-10-17(29)26-11-1-4-15(25-9-11)18-27-28-19(33-18)31-6-5-30-16-8-20(16,23)24/h2-3,7,11,15-16,25H,1,4-6,8-10H2,(H,26,29)/t11-,15+,16?/m0/s1. The zero-order valence-electron chi connectivity index (χ0n) is 17.4. The van der Waals surface area contributed by atoms with Crippen molar-refractivity contribution in [3.8, 4) is 11.8 Å². The summed E-state index contributed by atoms with van der Waals surface area (Å²) < 4.78 is 59.8. The molecule has 2 aliphatic rings. The SMILES string of the molecule is O=C(COc1ccc(Cl)c(F)c1)N[C@H]1CC[C@H](c2nnc(OCCOC3CC3(F)F)o2)NC1. The normalized spacial score (nSPS) is 23.7. The highest BCUT2D eigenvalue weighted by Gasteiger charge is 2.58. The summed E-state index contributed by atoms with van der Waals surface area (Å²) in [5.41, 5.74) is 0. The lowest BCUT2D eigenvalue weighted by Crippen LogP contribution is -2.48. The van der Waals surface area contributed by atoms with Crippen LogP contribution in [-0.4, -0.2) is 60.5 Å². The largest absolute Gasteiger partial charge is 0.484 e. The number of benzene rings is 1. The third-order valence-corrected chi connectivity index (χ3v) is 5.46. The van der Waals surface area contributed by atoms with Crippen molar-refractivity contribution < 1.29 is 36.6 Å². The molecule has 1 aromatic carbocycles. The Bertz CT molecular complexity index is 971. The number of rotatable bonds is 10. The van der Waals surface area contributed by atoms with Gasteiger partial charge >= 0.3 is 6.08 Å². The van der Waals surface area contributed by atoms with Crippen LogP contribution >= 0.6 is 11.6 Å². The average molecular weight is 491 g/mol. The number of nitrogens with one attached hydrogen (secondary N) is 2. The first-order valence-corrected chi connectivity index (χ1v) is 10.7. The van der Waals surface area contributed by atoms with Crippen LogP contribution in [0.15, 0.2) is 22.6 Å². The Morgan fingerprint density at radius 1 is 1.27 bits per heavy atom. The Morgan fingerprint density at radius 3 is 2.79 bits per heavy atom. The van der Waals surface area contributed by atoms with Crippen LogP contribution in [0, 0.1) is 5.82 Å².